The first-order valence-electron chi connectivity index (χ1n) is 7.09. The third-order valence-corrected chi connectivity index (χ3v) is 19.6. The standard InChI is InChI=1S/3C6H5.CH3O.Pb/c3*1-2-4-6-5-3-1;1-2;/h3*1-5H;1H3;/q;;;-1;+1. The molecule has 0 radical (unpaired) electrons. The van der Waals surface area contributed by atoms with E-state index in [-0.39, 0.29) is 0 Å². The van der Waals surface area contributed by atoms with Gasteiger partial charge in [-0.05, 0) is 0 Å². The van der Waals surface area contributed by atoms with E-state index in [1.165, 1.54) is 9.37 Å². The maximum atomic E-state index is 6.32. The van der Waals surface area contributed by atoms with E-state index in [9.17, 15) is 0 Å². The Morgan fingerprint density at radius 2 is 0.810 bits per heavy atom. The first kappa shape index (κ1) is 14.5. The fourth-order valence-electron chi connectivity index (χ4n) is 2.87. The average molecular weight is 470 g/mol. The van der Waals surface area contributed by atoms with E-state index in [2.05, 4.69) is 91.0 Å². The predicted octanol–water partition coefficient (Wildman–Crippen LogP) is 2.30. The molecule has 1 nitrogen and oxygen atoms in total. The van der Waals surface area contributed by atoms with Crippen molar-refractivity contribution in [1.29, 1.82) is 0 Å². The van der Waals surface area contributed by atoms with Crippen molar-refractivity contribution >= 4 is 31.0 Å². The summed E-state index contributed by atoms with van der Waals surface area (Å²) in [5.74, 6) is 0. The van der Waals surface area contributed by atoms with Crippen molar-refractivity contribution in [3.8, 4) is 0 Å². The van der Waals surface area contributed by atoms with Gasteiger partial charge in [0.1, 0.15) is 0 Å². The minimum absolute atomic E-state index is 1.35. The van der Waals surface area contributed by atoms with E-state index in [1.807, 2.05) is 7.11 Å². The zero-order valence-corrected chi connectivity index (χ0v) is 16.0. The summed E-state index contributed by atoms with van der Waals surface area (Å²) < 4.78 is 10.4. The molecule has 0 saturated heterocycles. The van der Waals surface area contributed by atoms with Crippen molar-refractivity contribution in [2.45, 2.75) is 0 Å². The molecular formula is C19H18OPb. The van der Waals surface area contributed by atoms with E-state index in [1.54, 1.807) is 0 Å². The SMILES string of the molecule is C[O][Pb]([c]1ccccc1)([c]1ccccc1)[c]1ccccc1. The molecule has 3 rings (SSSR count). The van der Waals surface area contributed by atoms with Gasteiger partial charge in [-0.1, -0.05) is 0 Å². The monoisotopic (exact) mass is 470 g/mol. The molecule has 3 aromatic carbocycles. The van der Waals surface area contributed by atoms with Crippen molar-refractivity contribution in [1.82, 2.24) is 0 Å². The van der Waals surface area contributed by atoms with Gasteiger partial charge in [0.05, 0.1) is 0 Å². The Labute approximate surface area is 131 Å². The summed E-state index contributed by atoms with van der Waals surface area (Å²) in [5, 5.41) is 0. The molecule has 0 unspecified atom stereocenters. The van der Waals surface area contributed by atoms with Crippen LogP contribution in [0.15, 0.2) is 91.0 Å². The Hall–Kier alpha value is -1.46. The van der Waals surface area contributed by atoms with Gasteiger partial charge in [0.15, 0.2) is 0 Å². The molecule has 0 saturated carbocycles. The van der Waals surface area contributed by atoms with Gasteiger partial charge in [0.25, 0.3) is 0 Å². The van der Waals surface area contributed by atoms with Gasteiger partial charge < -0.3 is 0 Å². The quantitative estimate of drug-likeness (QED) is 0.533. The van der Waals surface area contributed by atoms with Crippen LogP contribution >= 0.6 is 0 Å². The van der Waals surface area contributed by atoms with E-state index >= 15 is 0 Å². The summed E-state index contributed by atoms with van der Waals surface area (Å²) in [6.07, 6.45) is 0. The molecule has 104 valence electrons. The molecule has 0 amide bonds. The second-order valence-corrected chi connectivity index (χ2v) is 18.6. The molecule has 21 heavy (non-hydrogen) atoms. The molecular weight excluding hydrogens is 451 g/mol. The third kappa shape index (κ3) is 2.68. The first-order valence-corrected chi connectivity index (χ1v) is 14.5. The predicted molar refractivity (Wildman–Crippen MR) is 91.0 cm³/mol. The van der Waals surface area contributed by atoms with E-state index in [0.717, 1.165) is 0 Å². The average Bonchev–Trinajstić information content (AvgIpc) is 2.59. The summed E-state index contributed by atoms with van der Waals surface area (Å²) in [5.41, 5.74) is 0. The van der Waals surface area contributed by atoms with Crippen LogP contribution in [-0.4, -0.2) is 28.7 Å². The molecule has 0 bridgehead atoms. The van der Waals surface area contributed by atoms with Gasteiger partial charge in [-0.3, -0.25) is 0 Å². The molecule has 0 fully saturated rings. The molecule has 2 heteroatoms. The molecule has 0 atom stereocenters. The Bertz CT molecular complexity index is 584. The fourth-order valence-corrected chi connectivity index (χ4v) is 17.2. The van der Waals surface area contributed by atoms with Gasteiger partial charge in [-0.15, -0.1) is 0 Å². The van der Waals surface area contributed by atoms with Crippen molar-refractivity contribution in [3.05, 3.63) is 91.0 Å². The van der Waals surface area contributed by atoms with E-state index < -0.39 is 21.6 Å². The first-order chi connectivity index (χ1) is 10.4. The molecule has 0 aromatic heterocycles. The normalized spacial score (nSPS) is 11.3. The minimum atomic E-state index is -3.49. The zero-order chi connectivity index (χ0) is 14.5. The molecule has 0 aliphatic carbocycles. The summed E-state index contributed by atoms with van der Waals surface area (Å²) in [6.45, 7) is 0. The van der Waals surface area contributed by atoms with Crippen LogP contribution in [0.25, 0.3) is 0 Å². The van der Waals surface area contributed by atoms with Crippen LogP contribution in [0.5, 0.6) is 0 Å². The second kappa shape index (κ2) is 6.54. The second-order valence-electron chi connectivity index (χ2n) is 4.98. The molecule has 3 aromatic rings. The van der Waals surface area contributed by atoms with Gasteiger partial charge >= 0.3 is 132 Å². The number of hydrogen-bond acceptors (Lipinski definition) is 1. The van der Waals surface area contributed by atoms with Crippen LogP contribution in [0.1, 0.15) is 0 Å². The van der Waals surface area contributed by atoms with Crippen LogP contribution in [0.4, 0.5) is 0 Å². The Kier molecular flexibility index (Phi) is 4.51. The Morgan fingerprint density at radius 1 is 0.524 bits per heavy atom. The van der Waals surface area contributed by atoms with Crippen molar-refractivity contribution < 1.29 is 2.69 Å². The van der Waals surface area contributed by atoms with Crippen LogP contribution < -0.4 is 9.37 Å². The molecule has 0 N–H and O–H groups in total. The maximum absolute atomic E-state index is 6.32. The summed E-state index contributed by atoms with van der Waals surface area (Å²) >= 11 is -3.49. The van der Waals surface area contributed by atoms with Crippen molar-refractivity contribution in [2.75, 3.05) is 7.11 Å². The third-order valence-electron chi connectivity index (χ3n) is 3.85. The van der Waals surface area contributed by atoms with Gasteiger partial charge in [-0.25, -0.2) is 0 Å². The number of hydrogen-bond donors (Lipinski definition) is 0. The topological polar surface area (TPSA) is 9.23 Å². The zero-order valence-electron chi connectivity index (χ0n) is 12.1. The number of benzene rings is 3. The van der Waals surface area contributed by atoms with Gasteiger partial charge in [0.2, 0.25) is 0 Å². The van der Waals surface area contributed by atoms with E-state index in [4.69, 9.17) is 2.69 Å². The summed E-state index contributed by atoms with van der Waals surface area (Å²) in [7, 11) is 1.87. The fraction of sp³-hybridized carbons (Fsp3) is 0.0526. The molecule has 0 aliphatic rings. The summed E-state index contributed by atoms with van der Waals surface area (Å²) in [4.78, 5) is 0. The Balaban J connectivity index is 2.29. The number of rotatable bonds is 4. The molecule has 0 heterocycles. The van der Waals surface area contributed by atoms with Crippen LogP contribution in [-0.2, 0) is 2.69 Å². The van der Waals surface area contributed by atoms with Gasteiger partial charge in [-0.2, -0.15) is 0 Å². The Morgan fingerprint density at radius 3 is 1.05 bits per heavy atom. The van der Waals surface area contributed by atoms with Crippen LogP contribution in [0, 0.1) is 0 Å². The molecule has 0 spiro atoms. The summed E-state index contributed by atoms with van der Waals surface area (Å²) in [6, 6.07) is 32.1. The van der Waals surface area contributed by atoms with Crippen molar-refractivity contribution in [3.63, 3.8) is 0 Å². The van der Waals surface area contributed by atoms with Crippen LogP contribution in [0.3, 0.4) is 0 Å². The van der Waals surface area contributed by atoms with Gasteiger partial charge in [0, 0.05) is 0 Å². The van der Waals surface area contributed by atoms with Crippen molar-refractivity contribution in [2.24, 2.45) is 0 Å². The van der Waals surface area contributed by atoms with E-state index in [0.29, 0.717) is 0 Å². The van der Waals surface area contributed by atoms with Crippen LogP contribution in [0.2, 0.25) is 0 Å². The molecule has 0 aliphatic heterocycles.